The van der Waals surface area contributed by atoms with Crippen molar-refractivity contribution in [3.8, 4) is 11.8 Å². The van der Waals surface area contributed by atoms with Crippen molar-refractivity contribution in [2.24, 2.45) is 0 Å². The van der Waals surface area contributed by atoms with E-state index in [2.05, 4.69) is 11.4 Å². The van der Waals surface area contributed by atoms with Crippen LogP contribution in [-0.2, 0) is 4.74 Å². The average Bonchev–Trinajstić information content (AvgIpc) is 2.35. The Bertz CT molecular complexity index is 426. The van der Waals surface area contributed by atoms with Crippen LogP contribution in [0.4, 0.5) is 10.5 Å². The maximum Gasteiger partial charge on any atom is 0.411 e. The van der Waals surface area contributed by atoms with E-state index in [1.54, 1.807) is 31.2 Å². The number of unbranched alkanes of at least 4 members (excludes halogenated alkanes) is 1. The third kappa shape index (κ3) is 5.21. The standard InChI is InChI=1S/C13H16N2O3/c1-2-17-13(16)15-11-6-5-7-12(10-11)18-9-4-3-8-14/h5-7,10H,2-4,9H2,1H3,(H,15,16). The highest BCUT2D eigenvalue weighted by atomic mass is 16.5. The van der Waals surface area contributed by atoms with Crippen LogP contribution in [0.25, 0.3) is 0 Å². The normalized spacial score (nSPS) is 9.33. The van der Waals surface area contributed by atoms with Crippen molar-refractivity contribution >= 4 is 11.8 Å². The lowest BCUT2D eigenvalue weighted by atomic mass is 10.3. The molecule has 0 saturated heterocycles. The van der Waals surface area contributed by atoms with Gasteiger partial charge < -0.3 is 9.47 Å². The fourth-order valence-electron chi connectivity index (χ4n) is 1.29. The van der Waals surface area contributed by atoms with E-state index in [4.69, 9.17) is 14.7 Å². The second kappa shape index (κ2) is 7.96. The molecule has 18 heavy (non-hydrogen) atoms. The van der Waals surface area contributed by atoms with Crippen molar-refractivity contribution in [1.29, 1.82) is 5.26 Å². The Kier molecular flexibility index (Phi) is 6.12. The smallest absolute Gasteiger partial charge is 0.411 e. The number of nitrogens with one attached hydrogen (secondary N) is 1. The number of ether oxygens (including phenoxy) is 2. The molecule has 0 spiro atoms. The van der Waals surface area contributed by atoms with Gasteiger partial charge in [0.15, 0.2) is 0 Å². The molecular weight excluding hydrogens is 232 g/mol. The second-order valence-electron chi connectivity index (χ2n) is 3.48. The molecule has 0 heterocycles. The summed E-state index contributed by atoms with van der Waals surface area (Å²) in [5.41, 5.74) is 0.617. The summed E-state index contributed by atoms with van der Waals surface area (Å²) in [6, 6.07) is 9.09. The lowest BCUT2D eigenvalue weighted by molar-refractivity contribution is 0.168. The number of carbonyl (C=O) groups is 1. The van der Waals surface area contributed by atoms with Crippen LogP contribution in [0.3, 0.4) is 0 Å². The van der Waals surface area contributed by atoms with Gasteiger partial charge in [-0.15, -0.1) is 0 Å². The summed E-state index contributed by atoms with van der Waals surface area (Å²) in [7, 11) is 0. The number of nitrogens with zero attached hydrogens (tertiary/aromatic N) is 1. The van der Waals surface area contributed by atoms with Gasteiger partial charge >= 0.3 is 6.09 Å². The van der Waals surface area contributed by atoms with Gasteiger partial charge in [-0.1, -0.05) is 6.07 Å². The molecule has 1 aromatic carbocycles. The highest BCUT2D eigenvalue weighted by Gasteiger charge is 2.02. The first-order valence-corrected chi connectivity index (χ1v) is 5.80. The van der Waals surface area contributed by atoms with E-state index in [0.717, 1.165) is 0 Å². The Morgan fingerprint density at radius 3 is 3.06 bits per heavy atom. The van der Waals surface area contributed by atoms with E-state index in [1.165, 1.54) is 0 Å². The summed E-state index contributed by atoms with van der Waals surface area (Å²) >= 11 is 0. The molecule has 5 heteroatoms. The van der Waals surface area contributed by atoms with Crippen molar-refractivity contribution in [2.45, 2.75) is 19.8 Å². The van der Waals surface area contributed by atoms with E-state index in [-0.39, 0.29) is 0 Å². The molecule has 96 valence electrons. The molecule has 0 unspecified atom stereocenters. The predicted molar refractivity (Wildman–Crippen MR) is 67.4 cm³/mol. The molecule has 0 aliphatic heterocycles. The van der Waals surface area contributed by atoms with Crippen LogP contribution in [0.1, 0.15) is 19.8 Å². The van der Waals surface area contributed by atoms with Crippen LogP contribution in [0.2, 0.25) is 0 Å². The summed E-state index contributed by atoms with van der Waals surface area (Å²) in [4.78, 5) is 11.2. The number of hydrogen-bond donors (Lipinski definition) is 1. The number of benzene rings is 1. The number of carbonyl (C=O) groups excluding carboxylic acids is 1. The summed E-state index contributed by atoms with van der Waals surface area (Å²) in [5, 5.41) is 11.0. The largest absolute Gasteiger partial charge is 0.493 e. The molecule has 1 aromatic rings. The molecular formula is C13H16N2O3. The molecule has 0 fully saturated rings. The molecule has 1 amide bonds. The number of anilines is 1. The Morgan fingerprint density at radius 2 is 2.33 bits per heavy atom. The van der Waals surface area contributed by atoms with Gasteiger partial charge in [0.2, 0.25) is 0 Å². The van der Waals surface area contributed by atoms with Crippen LogP contribution < -0.4 is 10.1 Å². The van der Waals surface area contributed by atoms with Gasteiger partial charge in [-0.25, -0.2) is 4.79 Å². The van der Waals surface area contributed by atoms with E-state index in [9.17, 15) is 4.79 Å². The third-order valence-corrected chi connectivity index (χ3v) is 2.06. The van der Waals surface area contributed by atoms with E-state index < -0.39 is 6.09 Å². The monoisotopic (exact) mass is 248 g/mol. The third-order valence-electron chi connectivity index (χ3n) is 2.06. The Balaban J connectivity index is 2.46. The predicted octanol–water partition coefficient (Wildman–Crippen LogP) is 2.94. The minimum atomic E-state index is -0.487. The fraction of sp³-hybridized carbons (Fsp3) is 0.385. The topological polar surface area (TPSA) is 71.3 Å². The minimum Gasteiger partial charge on any atom is -0.493 e. The highest BCUT2D eigenvalue weighted by molar-refractivity contribution is 5.84. The number of rotatable bonds is 6. The van der Waals surface area contributed by atoms with Crippen LogP contribution in [0.5, 0.6) is 5.75 Å². The van der Waals surface area contributed by atoms with E-state index in [1.807, 2.05) is 0 Å². The first-order chi connectivity index (χ1) is 8.76. The fourth-order valence-corrected chi connectivity index (χ4v) is 1.29. The summed E-state index contributed by atoms with van der Waals surface area (Å²) < 4.78 is 10.2. The molecule has 1 N–H and O–H groups in total. The van der Waals surface area contributed by atoms with Crippen LogP contribution in [0, 0.1) is 11.3 Å². The molecule has 0 atom stereocenters. The van der Waals surface area contributed by atoms with Crippen LogP contribution >= 0.6 is 0 Å². The van der Waals surface area contributed by atoms with Crippen LogP contribution in [-0.4, -0.2) is 19.3 Å². The van der Waals surface area contributed by atoms with Crippen molar-refractivity contribution in [3.63, 3.8) is 0 Å². The van der Waals surface area contributed by atoms with Gasteiger partial charge in [0.1, 0.15) is 5.75 Å². The molecule has 0 aliphatic rings. The van der Waals surface area contributed by atoms with Gasteiger partial charge in [0.25, 0.3) is 0 Å². The number of nitriles is 1. The minimum absolute atomic E-state index is 0.330. The first-order valence-electron chi connectivity index (χ1n) is 5.80. The summed E-state index contributed by atoms with van der Waals surface area (Å²) in [6.07, 6.45) is 0.673. The lowest BCUT2D eigenvalue weighted by Gasteiger charge is -2.08. The van der Waals surface area contributed by atoms with Crippen molar-refractivity contribution in [1.82, 2.24) is 0 Å². The summed E-state index contributed by atoms with van der Waals surface area (Å²) in [6.45, 7) is 2.56. The van der Waals surface area contributed by atoms with Gasteiger partial charge in [-0.05, 0) is 25.5 Å². The number of hydrogen-bond acceptors (Lipinski definition) is 4. The lowest BCUT2D eigenvalue weighted by Crippen LogP contribution is -2.13. The Morgan fingerprint density at radius 1 is 1.50 bits per heavy atom. The van der Waals surface area contributed by atoms with Gasteiger partial charge in [0, 0.05) is 18.2 Å². The number of amides is 1. The molecule has 0 bridgehead atoms. The van der Waals surface area contributed by atoms with E-state index >= 15 is 0 Å². The van der Waals surface area contributed by atoms with Gasteiger partial charge in [-0.3, -0.25) is 5.32 Å². The molecule has 0 saturated carbocycles. The first kappa shape index (κ1) is 13.8. The van der Waals surface area contributed by atoms with Crippen molar-refractivity contribution in [2.75, 3.05) is 18.5 Å². The maximum atomic E-state index is 11.2. The molecule has 0 radical (unpaired) electrons. The Hall–Kier alpha value is -2.22. The van der Waals surface area contributed by atoms with Crippen molar-refractivity contribution in [3.05, 3.63) is 24.3 Å². The summed E-state index contributed by atoms with van der Waals surface area (Å²) in [5.74, 6) is 0.655. The zero-order valence-corrected chi connectivity index (χ0v) is 10.3. The molecule has 1 rings (SSSR count). The van der Waals surface area contributed by atoms with E-state index in [0.29, 0.717) is 37.5 Å². The van der Waals surface area contributed by atoms with Crippen LogP contribution in [0.15, 0.2) is 24.3 Å². The second-order valence-corrected chi connectivity index (χ2v) is 3.48. The molecule has 0 aliphatic carbocycles. The molecule has 5 nitrogen and oxygen atoms in total. The Labute approximate surface area is 106 Å². The molecule has 0 aromatic heterocycles. The average molecular weight is 248 g/mol. The zero-order valence-electron chi connectivity index (χ0n) is 10.3. The van der Waals surface area contributed by atoms with Gasteiger partial charge in [-0.2, -0.15) is 5.26 Å². The SMILES string of the molecule is CCOC(=O)Nc1cccc(OCCCC#N)c1. The van der Waals surface area contributed by atoms with Crippen molar-refractivity contribution < 1.29 is 14.3 Å². The highest BCUT2D eigenvalue weighted by Crippen LogP contribution is 2.17. The maximum absolute atomic E-state index is 11.2. The zero-order chi connectivity index (χ0) is 13.2. The van der Waals surface area contributed by atoms with Gasteiger partial charge in [0.05, 0.1) is 19.3 Å². The quantitative estimate of drug-likeness (QED) is 0.785.